The molecule has 0 spiro atoms. The van der Waals surface area contributed by atoms with E-state index in [0.717, 1.165) is 19.3 Å². The second kappa shape index (κ2) is 14.5. The van der Waals surface area contributed by atoms with Crippen molar-refractivity contribution in [1.82, 2.24) is 0 Å². The Morgan fingerprint density at radius 3 is 1.50 bits per heavy atom. The van der Waals surface area contributed by atoms with E-state index in [1.54, 1.807) is 0 Å². The molecular weight excluding hydrogens is 272 g/mol. The van der Waals surface area contributed by atoms with E-state index in [-0.39, 0.29) is 6.10 Å². The average Bonchev–Trinajstić information content (AvgIpc) is 2.45. The van der Waals surface area contributed by atoms with Gasteiger partial charge >= 0.3 is 0 Å². The van der Waals surface area contributed by atoms with E-state index in [9.17, 15) is 10.2 Å². The third-order valence-corrected chi connectivity index (χ3v) is 4.48. The summed E-state index contributed by atoms with van der Waals surface area (Å²) in [5.74, 6) is 0. The number of hydrogen-bond acceptors (Lipinski definition) is 2. The van der Waals surface area contributed by atoms with Crippen LogP contribution in [0.1, 0.15) is 117 Å². The lowest BCUT2D eigenvalue weighted by atomic mass is 9.97. The number of aliphatic hydroxyl groups excluding tert-OH is 1. The maximum Gasteiger partial charge on any atom is 0.0592 e. The highest BCUT2D eigenvalue weighted by molar-refractivity contribution is 4.68. The van der Waals surface area contributed by atoms with Crippen molar-refractivity contribution in [3.63, 3.8) is 0 Å². The number of rotatable bonds is 16. The quantitative estimate of drug-likeness (QED) is 0.343. The highest BCUT2D eigenvalue weighted by Gasteiger charge is 2.14. The molecule has 134 valence electrons. The van der Waals surface area contributed by atoms with Gasteiger partial charge < -0.3 is 10.2 Å². The van der Waals surface area contributed by atoms with Gasteiger partial charge in [-0.3, -0.25) is 0 Å². The second-order valence-corrected chi connectivity index (χ2v) is 7.68. The Balaban J connectivity index is 3.17. The van der Waals surface area contributed by atoms with Gasteiger partial charge in [0.1, 0.15) is 0 Å². The zero-order valence-corrected chi connectivity index (χ0v) is 15.6. The topological polar surface area (TPSA) is 40.5 Å². The average molecular weight is 315 g/mol. The lowest BCUT2D eigenvalue weighted by molar-refractivity contribution is 0.0465. The summed E-state index contributed by atoms with van der Waals surface area (Å²) in [5.41, 5.74) is -0.641. The molecule has 1 atom stereocenters. The van der Waals surface area contributed by atoms with Crippen molar-refractivity contribution < 1.29 is 10.2 Å². The summed E-state index contributed by atoms with van der Waals surface area (Å²) < 4.78 is 0. The molecule has 2 N–H and O–H groups in total. The predicted molar refractivity (Wildman–Crippen MR) is 97.2 cm³/mol. The van der Waals surface area contributed by atoms with Gasteiger partial charge in [0.05, 0.1) is 11.7 Å². The fourth-order valence-corrected chi connectivity index (χ4v) is 2.89. The predicted octanol–water partition coefficient (Wildman–Crippen LogP) is 5.99. The third kappa shape index (κ3) is 18.0. The molecule has 0 rings (SSSR count). The van der Waals surface area contributed by atoms with E-state index in [1.807, 2.05) is 13.8 Å². The minimum atomic E-state index is -0.641. The molecule has 0 saturated carbocycles. The summed E-state index contributed by atoms with van der Waals surface area (Å²) in [6.07, 6.45) is 18.3. The van der Waals surface area contributed by atoms with E-state index in [1.165, 1.54) is 70.6 Å². The van der Waals surface area contributed by atoms with Crippen LogP contribution in [0, 0.1) is 0 Å². The SMILES string of the molecule is CCCCCCCCCCCCCCC(O)CCC(C)(C)O. The summed E-state index contributed by atoms with van der Waals surface area (Å²) >= 11 is 0. The standard InChI is InChI=1S/C20H42O2/c1-4-5-6-7-8-9-10-11-12-13-14-15-16-19(21)17-18-20(2,3)22/h19,21-22H,4-18H2,1-3H3. The Labute approximate surface area is 139 Å². The molecule has 0 bridgehead atoms. The zero-order valence-electron chi connectivity index (χ0n) is 15.6. The Bertz CT molecular complexity index is 220. The fourth-order valence-electron chi connectivity index (χ4n) is 2.89. The molecule has 0 aliphatic heterocycles. The van der Waals surface area contributed by atoms with E-state index in [0.29, 0.717) is 6.42 Å². The van der Waals surface area contributed by atoms with Crippen molar-refractivity contribution in [3.8, 4) is 0 Å². The van der Waals surface area contributed by atoms with Gasteiger partial charge in [-0.15, -0.1) is 0 Å². The van der Waals surface area contributed by atoms with E-state index in [2.05, 4.69) is 6.92 Å². The Kier molecular flexibility index (Phi) is 14.5. The van der Waals surface area contributed by atoms with Crippen molar-refractivity contribution in [2.45, 2.75) is 129 Å². The van der Waals surface area contributed by atoms with E-state index < -0.39 is 5.60 Å². The van der Waals surface area contributed by atoms with Crippen molar-refractivity contribution in [1.29, 1.82) is 0 Å². The molecule has 0 aromatic heterocycles. The Hall–Kier alpha value is -0.0800. The minimum absolute atomic E-state index is 0.227. The first-order chi connectivity index (χ1) is 10.5. The van der Waals surface area contributed by atoms with Crippen LogP contribution in [0.25, 0.3) is 0 Å². The zero-order chi connectivity index (χ0) is 16.7. The number of aliphatic hydroxyl groups is 2. The second-order valence-electron chi connectivity index (χ2n) is 7.68. The summed E-state index contributed by atoms with van der Waals surface area (Å²) in [5, 5.41) is 19.5. The molecule has 2 heteroatoms. The van der Waals surface area contributed by atoms with Crippen molar-refractivity contribution in [2.24, 2.45) is 0 Å². The molecule has 2 nitrogen and oxygen atoms in total. The first-order valence-corrected chi connectivity index (χ1v) is 9.86. The molecular formula is C20H42O2. The Morgan fingerprint density at radius 2 is 1.09 bits per heavy atom. The first kappa shape index (κ1) is 21.9. The van der Waals surface area contributed by atoms with Crippen molar-refractivity contribution in [3.05, 3.63) is 0 Å². The van der Waals surface area contributed by atoms with Gasteiger partial charge in [-0.25, -0.2) is 0 Å². The summed E-state index contributed by atoms with van der Waals surface area (Å²) in [6, 6.07) is 0. The maximum atomic E-state index is 9.86. The van der Waals surface area contributed by atoms with Crippen LogP contribution in [-0.4, -0.2) is 21.9 Å². The van der Waals surface area contributed by atoms with Crippen LogP contribution in [0.4, 0.5) is 0 Å². The largest absolute Gasteiger partial charge is 0.393 e. The monoisotopic (exact) mass is 314 g/mol. The lowest BCUT2D eigenvalue weighted by Gasteiger charge is -2.19. The van der Waals surface area contributed by atoms with E-state index >= 15 is 0 Å². The van der Waals surface area contributed by atoms with Gasteiger partial charge in [0.2, 0.25) is 0 Å². The Morgan fingerprint density at radius 1 is 0.682 bits per heavy atom. The van der Waals surface area contributed by atoms with Crippen molar-refractivity contribution in [2.75, 3.05) is 0 Å². The summed E-state index contributed by atoms with van der Waals surface area (Å²) in [7, 11) is 0. The normalized spacial score (nSPS) is 13.5. The highest BCUT2D eigenvalue weighted by Crippen LogP contribution is 2.17. The smallest absolute Gasteiger partial charge is 0.0592 e. The third-order valence-electron chi connectivity index (χ3n) is 4.48. The molecule has 0 aliphatic rings. The molecule has 0 radical (unpaired) electrons. The minimum Gasteiger partial charge on any atom is -0.393 e. The molecule has 1 unspecified atom stereocenters. The number of unbranched alkanes of at least 4 members (excludes halogenated alkanes) is 11. The van der Waals surface area contributed by atoms with Crippen LogP contribution in [0.5, 0.6) is 0 Å². The van der Waals surface area contributed by atoms with Crippen LogP contribution >= 0.6 is 0 Å². The summed E-state index contributed by atoms with van der Waals surface area (Å²) in [4.78, 5) is 0. The lowest BCUT2D eigenvalue weighted by Crippen LogP contribution is -2.21. The van der Waals surface area contributed by atoms with Gasteiger partial charge in [0.25, 0.3) is 0 Å². The summed E-state index contributed by atoms with van der Waals surface area (Å²) in [6.45, 7) is 5.89. The number of hydrogen-bond donors (Lipinski definition) is 2. The van der Waals surface area contributed by atoms with Gasteiger partial charge in [-0.05, 0) is 33.1 Å². The molecule has 0 fully saturated rings. The maximum absolute atomic E-state index is 9.86. The van der Waals surface area contributed by atoms with Gasteiger partial charge in [0.15, 0.2) is 0 Å². The molecule has 0 amide bonds. The van der Waals surface area contributed by atoms with Gasteiger partial charge in [-0.2, -0.15) is 0 Å². The van der Waals surface area contributed by atoms with Crippen LogP contribution < -0.4 is 0 Å². The molecule has 0 aromatic rings. The van der Waals surface area contributed by atoms with Crippen molar-refractivity contribution >= 4 is 0 Å². The fraction of sp³-hybridized carbons (Fsp3) is 1.00. The van der Waals surface area contributed by atoms with Crippen LogP contribution in [-0.2, 0) is 0 Å². The van der Waals surface area contributed by atoms with Crippen LogP contribution in [0.2, 0.25) is 0 Å². The highest BCUT2D eigenvalue weighted by atomic mass is 16.3. The van der Waals surface area contributed by atoms with E-state index in [4.69, 9.17) is 0 Å². The first-order valence-electron chi connectivity index (χ1n) is 9.86. The molecule has 0 aromatic carbocycles. The molecule has 0 heterocycles. The van der Waals surface area contributed by atoms with Crippen LogP contribution in [0.15, 0.2) is 0 Å². The van der Waals surface area contributed by atoms with Crippen LogP contribution in [0.3, 0.4) is 0 Å². The molecule has 0 aliphatic carbocycles. The van der Waals surface area contributed by atoms with Gasteiger partial charge in [0, 0.05) is 0 Å². The molecule has 22 heavy (non-hydrogen) atoms. The van der Waals surface area contributed by atoms with Gasteiger partial charge in [-0.1, -0.05) is 84.0 Å². The molecule has 0 saturated heterocycles.